The summed E-state index contributed by atoms with van der Waals surface area (Å²) >= 11 is 0. The molecule has 3 rings (SSSR count). The number of carbonyl (C=O) groups excluding carboxylic acids is 1. The third-order valence-electron chi connectivity index (χ3n) is 4.94. The zero-order chi connectivity index (χ0) is 22.3. The van der Waals surface area contributed by atoms with Crippen LogP contribution in [0.25, 0.3) is 0 Å². The van der Waals surface area contributed by atoms with Crippen molar-refractivity contribution in [3.8, 4) is 5.75 Å². The fourth-order valence-corrected chi connectivity index (χ4v) is 4.36. The molecule has 0 heterocycles. The lowest BCUT2D eigenvalue weighted by molar-refractivity contribution is 0.0952. The number of aryl methyl sites for hydroxylation is 1. The molecule has 0 saturated heterocycles. The van der Waals surface area contributed by atoms with Crippen molar-refractivity contribution in [2.24, 2.45) is 0 Å². The summed E-state index contributed by atoms with van der Waals surface area (Å²) in [7, 11) is -2.09. The van der Waals surface area contributed by atoms with Crippen molar-refractivity contribution < 1.29 is 17.9 Å². The molecule has 7 heteroatoms. The summed E-state index contributed by atoms with van der Waals surface area (Å²) in [4.78, 5) is 12.8. The fourth-order valence-electron chi connectivity index (χ4n) is 3.21. The van der Waals surface area contributed by atoms with Crippen LogP contribution in [0.15, 0.2) is 77.7 Å². The van der Waals surface area contributed by atoms with Gasteiger partial charge in [0.2, 0.25) is 0 Å². The quantitative estimate of drug-likeness (QED) is 0.491. The molecular formula is C24H26N2O4S. The molecule has 0 spiro atoms. The molecule has 0 fully saturated rings. The van der Waals surface area contributed by atoms with E-state index in [1.807, 2.05) is 24.3 Å². The lowest BCUT2D eigenvalue weighted by Gasteiger charge is -2.14. The first-order valence-corrected chi connectivity index (χ1v) is 11.5. The third-order valence-corrected chi connectivity index (χ3v) is 6.32. The van der Waals surface area contributed by atoms with E-state index in [-0.39, 0.29) is 10.8 Å². The Labute approximate surface area is 183 Å². The van der Waals surface area contributed by atoms with Crippen molar-refractivity contribution in [1.82, 2.24) is 5.32 Å². The van der Waals surface area contributed by atoms with Crippen LogP contribution in [-0.4, -0.2) is 28.0 Å². The maximum atomic E-state index is 12.7. The molecule has 0 bridgehead atoms. The summed E-state index contributed by atoms with van der Waals surface area (Å²) in [5.41, 5.74) is 2.54. The molecule has 3 aromatic carbocycles. The molecule has 0 saturated carbocycles. The predicted octanol–water partition coefficient (Wildman–Crippen LogP) is 4.17. The minimum absolute atomic E-state index is 0.168. The normalized spacial score (nSPS) is 11.0. The Hall–Kier alpha value is -3.32. The molecule has 162 valence electrons. The number of amides is 1. The molecule has 6 nitrogen and oxygen atoms in total. The van der Waals surface area contributed by atoms with Gasteiger partial charge < -0.3 is 10.1 Å². The van der Waals surface area contributed by atoms with Crippen LogP contribution in [0.3, 0.4) is 0 Å². The topological polar surface area (TPSA) is 84.5 Å². The summed E-state index contributed by atoms with van der Waals surface area (Å²) in [5, 5.41) is 2.91. The van der Waals surface area contributed by atoms with Gasteiger partial charge in [0.05, 0.1) is 17.7 Å². The Kier molecular flexibility index (Phi) is 7.31. The molecule has 3 aromatic rings. The Morgan fingerprint density at radius 1 is 0.968 bits per heavy atom. The molecule has 0 aromatic heterocycles. The summed E-state index contributed by atoms with van der Waals surface area (Å²) in [6, 6.07) is 21.0. The number of rotatable bonds is 9. The van der Waals surface area contributed by atoms with Crippen LogP contribution in [0.1, 0.15) is 27.9 Å². The Balaban J connectivity index is 1.61. The van der Waals surface area contributed by atoms with Gasteiger partial charge in [-0.1, -0.05) is 36.4 Å². The van der Waals surface area contributed by atoms with E-state index in [4.69, 9.17) is 4.74 Å². The Morgan fingerprint density at radius 2 is 1.71 bits per heavy atom. The van der Waals surface area contributed by atoms with E-state index in [0.717, 1.165) is 24.2 Å². The van der Waals surface area contributed by atoms with Crippen LogP contribution in [0.4, 0.5) is 5.69 Å². The number of carbonyl (C=O) groups is 1. The number of ether oxygens (including phenoxy) is 1. The van der Waals surface area contributed by atoms with E-state index in [9.17, 15) is 13.2 Å². The van der Waals surface area contributed by atoms with Crippen LogP contribution in [0, 0.1) is 6.92 Å². The Bertz CT molecular complexity index is 1150. The highest BCUT2D eigenvalue weighted by Crippen LogP contribution is 2.22. The van der Waals surface area contributed by atoms with Crippen molar-refractivity contribution in [2.75, 3.05) is 18.4 Å². The Morgan fingerprint density at radius 3 is 2.45 bits per heavy atom. The van der Waals surface area contributed by atoms with Crippen molar-refractivity contribution >= 4 is 21.6 Å². The van der Waals surface area contributed by atoms with Crippen LogP contribution in [0.5, 0.6) is 5.75 Å². The van der Waals surface area contributed by atoms with E-state index in [2.05, 4.69) is 10.0 Å². The first-order chi connectivity index (χ1) is 14.9. The van der Waals surface area contributed by atoms with Crippen molar-refractivity contribution in [3.05, 3.63) is 89.5 Å². The van der Waals surface area contributed by atoms with Gasteiger partial charge in [-0.3, -0.25) is 9.52 Å². The molecule has 0 radical (unpaired) electrons. The molecule has 0 aliphatic rings. The lowest BCUT2D eigenvalue weighted by Crippen LogP contribution is -2.26. The maximum Gasteiger partial charge on any atom is 0.261 e. The highest BCUT2D eigenvalue weighted by atomic mass is 32.2. The van der Waals surface area contributed by atoms with Crippen molar-refractivity contribution in [3.63, 3.8) is 0 Å². The number of hydrogen-bond donors (Lipinski definition) is 2. The largest absolute Gasteiger partial charge is 0.497 e. The molecule has 0 unspecified atom stereocenters. The lowest BCUT2D eigenvalue weighted by atomic mass is 10.1. The third kappa shape index (κ3) is 5.86. The second-order valence-corrected chi connectivity index (χ2v) is 8.79. The molecule has 1 amide bonds. The van der Waals surface area contributed by atoms with Gasteiger partial charge >= 0.3 is 0 Å². The van der Waals surface area contributed by atoms with Crippen LogP contribution in [-0.2, 0) is 16.4 Å². The summed E-state index contributed by atoms with van der Waals surface area (Å²) in [6.07, 6.45) is 1.59. The maximum absolute atomic E-state index is 12.7. The molecule has 0 atom stereocenters. The average molecular weight is 439 g/mol. The first kappa shape index (κ1) is 22.4. The fraction of sp³-hybridized carbons (Fsp3) is 0.208. The van der Waals surface area contributed by atoms with E-state index in [1.54, 1.807) is 50.4 Å². The van der Waals surface area contributed by atoms with Crippen LogP contribution in [0.2, 0.25) is 0 Å². The van der Waals surface area contributed by atoms with Gasteiger partial charge in [-0.15, -0.1) is 0 Å². The molecule has 31 heavy (non-hydrogen) atoms. The number of hydrogen-bond acceptors (Lipinski definition) is 4. The van der Waals surface area contributed by atoms with Gasteiger partial charge in [0.25, 0.3) is 15.9 Å². The smallest absolute Gasteiger partial charge is 0.261 e. The number of methoxy groups -OCH3 is 1. The van der Waals surface area contributed by atoms with Gasteiger partial charge in [0, 0.05) is 12.1 Å². The van der Waals surface area contributed by atoms with E-state index in [0.29, 0.717) is 23.4 Å². The average Bonchev–Trinajstić information content (AvgIpc) is 2.78. The highest BCUT2D eigenvalue weighted by Gasteiger charge is 2.17. The monoisotopic (exact) mass is 438 g/mol. The number of benzene rings is 3. The van der Waals surface area contributed by atoms with Gasteiger partial charge in [-0.25, -0.2) is 8.42 Å². The summed E-state index contributed by atoms with van der Waals surface area (Å²) < 4.78 is 33.0. The SMILES string of the molecule is COc1cccc(CCCNC(=O)c2cccc(NS(=O)(=O)c3ccccc3)c2C)c1. The van der Waals surface area contributed by atoms with Gasteiger partial charge in [-0.05, 0) is 67.3 Å². The zero-order valence-corrected chi connectivity index (χ0v) is 18.4. The minimum atomic E-state index is -3.73. The first-order valence-electron chi connectivity index (χ1n) is 9.99. The molecule has 0 aliphatic heterocycles. The molecule has 0 aliphatic carbocycles. The highest BCUT2D eigenvalue weighted by molar-refractivity contribution is 7.92. The number of nitrogens with one attached hydrogen (secondary N) is 2. The zero-order valence-electron chi connectivity index (χ0n) is 17.6. The van der Waals surface area contributed by atoms with Crippen molar-refractivity contribution in [2.45, 2.75) is 24.7 Å². The standard InChI is InChI=1S/C24H26N2O4S/c1-18-22(24(27)25-16-8-10-19-9-6-11-20(17-19)30-2)14-7-15-23(18)26-31(28,29)21-12-4-3-5-13-21/h3-7,9,11-15,17,26H,8,10,16H2,1-2H3,(H,25,27). The molecule has 2 N–H and O–H groups in total. The van der Waals surface area contributed by atoms with Crippen LogP contribution < -0.4 is 14.8 Å². The summed E-state index contributed by atoms with van der Waals surface area (Å²) in [5.74, 6) is 0.579. The van der Waals surface area contributed by atoms with Gasteiger partial charge in [0.15, 0.2) is 0 Å². The van der Waals surface area contributed by atoms with Gasteiger partial charge in [0.1, 0.15) is 5.75 Å². The van der Waals surface area contributed by atoms with Gasteiger partial charge in [-0.2, -0.15) is 0 Å². The predicted molar refractivity (Wildman–Crippen MR) is 122 cm³/mol. The second-order valence-electron chi connectivity index (χ2n) is 7.11. The molecular weight excluding hydrogens is 412 g/mol. The minimum Gasteiger partial charge on any atom is -0.497 e. The van der Waals surface area contributed by atoms with Crippen molar-refractivity contribution in [1.29, 1.82) is 0 Å². The second kappa shape index (κ2) is 10.1. The number of sulfonamides is 1. The van der Waals surface area contributed by atoms with E-state index < -0.39 is 10.0 Å². The van der Waals surface area contributed by atoms with E-state index >= 15 is 0 Å². The summed E-state index contributed by atoms with van der Waals surface area (Å²) in [6.45, 7) is 2.24. The van der Waals surface area contributed by atoms with Crippen LogP contribution >= 0.6 is 0 Å². The number of anilines is 1. The van der Waals surface area contributed by atoms with E-state index in [1.165, 1.54) is 12.1 Å².